The lowest BCUT2D eigenvalue weighted by molar-refractivity contribution is -0.122. The molecular weight excluding hydrogens is 467 g/mol. The van der Waals surface area contributed by atoms with E-state index in [2.05, 4.69) is 17.6 Å². The third kappa shape index (κ3) is 5.55. The van der Waals surface area contributed by atoms with Gasteiger partial charge in [0, 0.05) is 10.9 Å². The molecule has 0 spiro atoms. The van der Waals surface area contributed by atoms with E-state index in [0.29, 0.717) is 28.7 Å². The zero-order valence-electron chi connectivity index (χ0n) is 18.5. The fourth-order valence-electron chi connectivity index (χ4n) is 4.23. The topological polar surface area (TPSA) is 102 Å². The molecule has 1 saturated heterocycles. The number of hydrogen-bond acceptors (Lipinski definition) is 6. The molecule has 1 fully saturated rings. The molecule has 2 aliphatic rings. The van der Waals surface area contributed by atoms with Crippen molar-refractivity contribution >= 4 is 38.0 Å². The van der Waals surface area contributed by atoms with Crippen LogP contribution in [0.15, 0.2) is 24.3 Å². The zero-order valence-corrected chi connectivity index (χ0v) is 20.2. The first-order chi connectivity index (χ1) is 15.6. The van der Waals surface area contributed by atoms with Gasteiger partial charge < -0.3 is 15.4 Å². The molecule has 1 aromatic carbocycles. The Hall–Kier alpha value is -2.46. The summed E-state index contributed by atoms with van der Waals surface area (Å²) in [6.45, 7) is 3.74. The van der Waals surface area contributed by atoms with Gasteiger partial charge >= 0.3 is 0 Å². The van der Waals surface area contributed by atoms with Crippen molar-refractivity contribution in [1.82, 2.24) is 5.32 Å². The summed E-state index contributed by atoms with van der Waals surface area (Å²) < 4.78 is 42.3. The van der Waals surface area contributed by atoms with E-state index in [9.17, 15) is 22.4 Å². The van der Waals surface area contributed by atoms with E-state index in [-0.39, 0.29) is 17.4 Å². The van der Waals surface area contributed by atoms with E-state index in [4.69, 9.17) is 4.74 Å². The van der Waals surface area contributed by atoms with Gasteiger partial charge in [0.15, 0.2) is 15.9 Å². The monoisotopic (exact) mass is 494 g/mol. The lowest BCUT2D eigenvalue weighted by Crippen LogP contribution is -2.37. The minimum Gasteiger partial charge on any atom is -0.481 e. The van der Waals surface area contributed by atoms with E-state index in [1.165, 1.54) is 35.6 Å². The first-order valence-corrected chi connectivity index (χ1v) is 13.6. The van der Waals surface area contributed by atoms with Crippen molar-refractivity contribution in [3.8, 4) is 5.75 Å². The molecule has 1 aliphatic carbocycles. The largest absolute Gasteiger partial charge is 0.481 e. The van der Waals surface area contributed by atoms with Crippen LogP contribution in [0.3, 0.4) is 0 Å². The number of nitrogens with one attached hydrogen (secondary N) is 2. The van der Waals surface area contributed by atoms with Crippen molar-refractivity contribution in [3.63, 3.8) is 0 Å². The Bertz CT molecular complexity index is 1160. The van der Waals surface area contributed by atoms with Crippen LogP contribution < -0.4 is 15.4 Å². The minimum atomic E-state index is -3.13. The highest BCUT2D eigenvalue weighted by Crippen LogP contribution is 2.40. The summed E-state index contributed by atoms with van der Waals surface area (Å²) in [6.07, 6.45) is 2.02. The van der Waals surface area contributed by atoms with Crippen molar-refractivity contribution in [2.75, 3.05) is 16.8 Å². The molecule has 10 heteroatoms. The molecule has 0 radical (unpaired) electrons. The van der Waals surface area contributed by atoms with Crippen LogP contribution in [0.4, 0.5) is 9.39 Å². The Morgan fingerprint density at radius 3 is 2.61 bits per heavy atom. The van der Waals surface area contributed by atoms with Crippen molar-refractivity contribution in [2.24, 2.45) is 5.92 Å². The lowest BCUT2D eigenvalue weighted by atomic mass is 9.88. The smallest absolute Gasteiger partial charge is 0.265 e. The summed E-state index contributed by atoms with van der Waals surface area (Å²) >= 11 is 1.39. The fourth-order valence-corrected chi connectivity index (χ4v) is 7.31. The first-order valence-electron chi connectivity index (χ1n) is 11.0. The van der Waals surface area contributed by atoms with E-state index in [1.54, 1.807) is 6.92 Å². The molecule has 2 aromatic rings. The number of hydrogen-bond donors (Lipinski definition) is 2. The van der Waals surface area contributed by atoms with E-state index in [1.807, 2.05) is 0 Å². The van der Waals surface area contributed by atoms with Crippen LogP contribution in [0.5, 0.6) is 5.75 Å². The molecule has 178 valence electrons. The average Bonchev–Trinajstić information content (AvgIpc) is 3.27. The quantitative estimate of drug-likeness (QED) is 0.642. The van der Waals surface area contributed by atoms with E-state index < -0.39 is 33.7 Å². The average molecular weight is 495 g/mol. The highest BCUT2D eigenvalue weighted by molar-refractivity contribution is 7.91. The maximum Gasteiger partial charge on any atom is 0.265 e. The van der Waals surface area contributed by atoms with Gasteiger partial charge in [-0.25, -0.2) is 12.8 Å². The molecule has 4 rings (SSSR count). The molecule has 0 unspecified atom stereocenters. The van der Waals surface area contributed by atoms with Gasteiger partial charge in [0.25, 0.3) is 11.8 Å². The number of benzene rings is 1. The predicted octanol–water partition coefficient (Wildman–Crippen LogP) is 3.33. The number of rotatable bonds is 6. The Kier molecular flexibility index (Phi) is 6.76. The van der Waals surface area contributed by atoms with Gasteiger partial charge in [-0.15, -0.1) is 11.3 Å². The van der Waals surface area contributed by atoms with Gasteiger partial charge in [-0.05, 0) is 68.4 Å². The number of carbonyl (C=O) groups excluding carboxylic acids is 2. The third-order valence-electron chi connectivity index (χ3n) is 6.04. The molecule has 3 atom stereocenters. The first kappa shape index (κ1) is 23.7. The maximum absolute atomic E-state index is 13.2. The fraction of sp³-hybridized carbons (Fsp3) is 0.478. The SMILES string of the molecule is C[C@H]1CCc2c(sc(NC(=O)[C@H](C)Oc3ccc(F)cc3)c2C(=O)N[C@H]2CCS(=O)(=O)C2)C1. The number of ether oxygens (including phenoxy) is 1. The van der Waals surface area contributed by atoms with Crippen LogP contribution in [0.2, 0.25) is 0 Å². The highest BCUT2D eigenvalue weighted by Gasteiger charge is 2.33. The lowest BCUT2D eigenvalue weighted by Gasteiger charge is -2.19. The number of amides is 2. The van der Waals surface area contributed by atoms with E-state index >= 15 is 0 Å². The number of carbonyl (C=O) groups is 2. The highest BCUT2D eigenvalue weighted by atomic mass is 32.2. The van der Waals surface area contributed by atoms with Gasteiger partial charge in [0.1, 0.15) is 16.6 Å². The second-order valence-electron chi connectivity index (χ2n) is 8.83. The molecule has 0 saturated carbocycles. The number of anilines is 1. The van der Waals surface area contributed by atoms with Crippen molar-refractivity contribution < 1.29 is 27.1 Å². The minimum absolute atomic E-state index is 0.0632. The summed E-state index contributed by atoms with van der Waals surface area (Å²) in [7, 11) is -3.13. The molecular formula is C23H27FN2O5S2. The van der Waals surface area contributed by atoms with Crippen LogP contribution in [0, 0.1) is 11.7 Å². The Morgan fingerprint density at radius 1 is 1.21 bits per heavy atom. The molecule has 33 heavy (non-hydrogen) atoms. The normalized spacial score (nSPS) is 22.3. The Morgan fingerprint density at radius 2 is 1.94 bits per heavy atom. The predicted molar refractivity (Wildman–Crippen MR) is 125 cm³/mol. The van der Waals surface area contributed by atoms with Gasteiger partial charge in [-0.3, -0.25) is 9.59 Å². The Labute approximate surface area is 196 Å². The summed E-state index contributed by atoms with van der Waals surface area (Å²) in [4.78, 5) is 27.1. The summed E-state index contributed by atoms with van der Waals surface area (Å²) in [5.41, 5.74) is 1.35. The van der Waals surface area contributed by atoms with Gasteiger partial charge in [0.2, 0.25) is 0 Å². The van der Waals surface area contributed by atoms with Gasteiger partial charge in [-0.2, -0.15) is 0 Å². The Balaban J connectivity index is 1.53. The van der Waals surface area contributed by atoms with Crippen LogP contribution in [0.1, 0.15) is 47.5 Å². The molecule has 2 heterocycles. The van der Waals surface area contributed by atoms with Crippen LogP contribution in [0.25, 0.3) is 0 Å². The maximum atomic E-state index is 13.2. The zero-order chi connectivity index (χ0) is 23.8. The molecule has 1 aromatic heterocycles. The van der Waals surface area contributed by atoms with Crippen molar-refractivity contribution in [1.29, 1.82) is 0 Å². The molecule has 0 bridgehead atoms. The summed E-state index contributed by atoms with van der Waals surface area (Å²) in [6, 6.07) is 4.96. The molecule has 2 N–H and O–H groups in total. The van der Waals surface area contributed by atoms with E-state index in [0.717, 1.165) is 29.7 Å². The molecule has 7 nitrogen and oxygen atoms in total. The summed E-state index contributed by atoms with van der Waals surface area (Å²) in [5.74, 6) is -0.334. The third-order valence-corrected chi connectivity index (χ3v) is 8.98. The number of sulfone groups is 1. The van der Waals surface area contributed by atoms with Gasteiger partial charge in [-0.1, -0.05) is 6.92 Å². The summed E-state index contributed by atoms with van der Waals surface area (Å²) in [5, 5.41) is 6.15. The second kappa shape index (κ2) is 9.42. The van der Waals surface area contributed by atoms with Crippen molar-refractivity contribution in [3.05, 3.63) is 46.1 Å². The molecule has 1 aliphatic heterocycles. The van der Waals surface area contributed by atoms with Crippen LogP contribution in [-0.4, -0.2) is 43.9 Å². The second-order valence-corrected chi connectivity index (χ2v) is 12.2. The standard InChI is InChI=1S/C23H27FN2O5S2/c1-13-3-8-18-19(11-13)32-23(20(18)22(28)25-16-9-10-33(29,30)12-16)26-21(27)14(2)31-17-6-4-15(24)5-7-17/h4-7,13-14,16H,3,8-12H2,1-2H3,(H,25,28)(H,26,27)/t13-,14-,16-/m0/s1. The van der Waals surface area contributed by atoms with Gasteiger partial charge in [0.05, 0.1) is 17.1 Å². The van der Waals surface area contributed by atoms with Crippen molar-refractivity contribution in [2.45, 2.75) is 51.7 Å². The number of halogens is 1. The number of thiophene rings is 1. The van der Waals surface area contributed by atoms with Crippen LogP contribution in [-0.2, 0) is 27.5 Å². The number of fused-ring (bicyclic) bond motifs is 1. The van der Waals surface area contributed by atoms with Crippen LogP contribution >= 0.6 is 11.3 Å². The molecule has 2 amide bonds.